The van der Waals surface area contributed by atoms with Crippen LogP contribution in [0.3, 0.4) is 0 Å². The average Bonchev–Trinajstić information content (AvgIpc) is 2.74. The second-order valence-corrected chi connectivity index (χ2v) is 6.98. The monoisotopic (exact) mass is 291 g/mol. The summed E-state index contributed by atoms with van der Waals surface area (Å²) in [7, 11) is 0. The molecule has 0 N–H and O–H groups in total. The van der Waals surface area contributed by atoms with Crippen LogP contribution in [0.25, 0.3) is 0 Å². The molecule has 1 saturated heterocycles. The standard InChI is InChI=1S/C19H17NO2/c1-10-2-4-11(5-3-10)20-18(21)16-14-8-9-15(17(16)19(20)22)13-7-6-12(13)14/h2-9,12-17H,1H3. The van der Waals surface area contributed by atoms with E-state index < -0.39 is 0 Å². The molecule has 1 heterocycles. The van der Waals surface area contributed by atoms with E-state index in [1.54, 1.807) is 0 Å². The molecule has 0 aromatic heterocycles. The quantitative estimate of drug-likeness (QED) is 0.589. The molecule has 4 aliphatic carbocycles. The Balaban J connectivity index is 1.58. The fourth-order valence-electron chi connectivity index (χ4n) is 4.84. The van der Waals surface area contributed by atoms with Gasteiger partial charge in [0, 0.05) is 0 Å². The minimum Gasteiger partial charge on any atom is -0.274 e. The predicted octanol–water partition coefficient (Wildman–Crippen LogP) is 2.72. The number of nitrogens with zero attached hydrogens (tertiary/aromatic N) is 1. The first-order valence-corrected chi connectivity index (χ1v) is 7.98. The molecule has 1 saturated carbocycles. The van der Waals surface area contributed by atoms with Crippen molar-refractivity contribution in [1.29, 1.82) is 0 Å². The van der Waals surface area contributed by atoms with Gasteiger partial charge in [0.2, 0.25) is 11.8 Å². The lowest BCUT2D eigenvalue weighted by Crippen LogP contribution is -2.50. The van der Waals surface area contributed by atoms with E-state index >= 15 is 0 Å². The third-order valence-electron chi connectivity index (χ3n) is 5.96. The van der Waals surface area contributed by atoms with Crippen LogP contribution in [-0.4, -0.2) is 11.8 Å². The van der Waals surface area contributed by atoms with Gasteiger partial charge in [-0.2, -0.15) is 0 Å². The van der Waals surface area contributed by atoms with E-state index in [9.17, 15) is 9.59 Å². The van der Waals surface area contributed by atoms with Crippen molar-refractivity contribution in [3.05, 3.63) is 54.1 Å². The molecule has 2 amide bonds. The largest absolute Gasteiger partial charge is 0.274 e. The zero-order valence-electron chi connectivity index (χ0n) is 12.3. The summed E-state index contributed by atoms with van der Waals surface area (Å²) in [6.45, 7) is 2.00. The van der Waals surface area contributed by atoms with Crippen LogP contribution in [0.2, 0.25) is 0 Å². The molecule has 0 radical (unpaired) electrons. The highest BCUT2D eigenvalue weighted by molar-refractivity contribution is 6.22. The minimum atomic E-state index is -0.157. The van der Waals surface area contributed by atoms with Crippen molar-refractivity contribution in [2.75, 3.05) is 4.90 Å². The molecule has 1 aliphatic heterocycles. The number of benzene rings is 1. The number of imide groups is 1. The zero-order chi connectivity index (χ0) is 15.0. The first-order chi connectivity index (χ1) is 10.7. The Morgan fingerprint density at radius 1 is 0.727 bits per heavy atom. The van der Waals surface area contributed by atoms with Crippen LogP contribution in [0.1, 0.15) is 5.56 Å². The Morgan fingerprint density at radius 3 is 1.64 bits per heavy atom. The second kappa shape index (κ2) is 3.97. The van der Waals surface area contributed by atoms with Crippen LogP contribution in [-0.2, 0) is 9.59 Å². The summed E-state index contributed by atoms with van der Waals surface area (Å²) in [5.74, 6) is 1.02. The van der Waals surface area contributed by atoms with Gasteiger partial charge < -0.3 is 0 Å². The number of rotatable bonds is 1. The van der Waals surface area contributed by atoms with Crippen LogP contribution in [0, 0.1) is 42.4 Å². The Bertz CT molecular complexity index is 705. The number of allylic oxidation sites excluding steroid dienone is 4. The maximum absolute atomic E-state index is 12.9. The van der Waals surface area contributed by atoms with Crippen LogP contribution in [0.15, 0.2) is 48.6 Å². The van der Waals surface area contributed by atoms with Crippen LogP contribution >= 0.6 is 0 Å². The Hall–Kier alpha value is -2.16. The highest BCUT2D eigenvalue weighted by atomic mass is 16.2. The SMILES string of the molecule is Cc1ccc(N2C(=O)C3C4C=CC(C5C=CC54)C3C2=O)cc1. The Kier molecular flexibility index (Phi) is 2.24. The lowest BCUT2D eigenvalue weighted by molar-refractivity contribution is -0.127. The minimum absolute atomic E-state index is 0.00282. The van der Waals surface area contributed by atoms with Gasteiger partial charge in [-0.05, 0) is 42.7 Å². The van der Waals surface area contributed by atoms with Crippen molar-refractivity contribution in [3.63, 3.8) is 0 Å². The van der Waals surface area contributed by atoms with Crippen LogP contribution in [0.5, 0.6) is 0 Å². The molecular formula is C19H17NO2. The summed E-state index contributed by atoms with van der Waals surface area (Å²) < 4.78 is 0. The smallest absolute Gasteiger partial charge is 0.238 e. The fraction of sp³-hybridized carbons (Fsp3) is 0.368. The summed E-state index contributed by atoms with van der Waals surface area (Å²) in [6.07, 6.45) is 8.79. The lowest BCUT2D eigenvalue weighted by atomic mass is 9.50. The third kappa shape index (κ3) is 1.32. The Labute approximate surface area is 129 Å². The molecule has 22 heavy (non-hydrogen) atoms. The van der Waals surface area contributed by atoms with E-state index in [4.69, 9.17) is 0 Å². The number of carbonyl (C=O) groups excluding carboxylic acids is 2. The second-order valence-electron chi connectivity index (χ2n) is 6.98. The summed E-state index contributed by atoms with van der Waals surface area (Å²) in [4.78, 5) is 27.3. The van der Waals surface area contributed by atoms with Gasteiger partial charge in [0.1, 0.15) is 0 Å². The Morgan fingerprint density at radius 2 is 1.18 bits per heavy atom. The molecule has 3 nitrogen and oxygen atoms in total. The van der Waals surface area contributed by atoms with Gasteiger partial charge in [-0.25, -0.2) is 0 Å². The molecule has 6 atom stereocenters. The molecular weight excluding hydrogens is 274 g/mol. The van der Waals surface area contributed by atoms with Gasteiger partial charge in [0.15, 0.2) is 0 Å². The van der Waals surface area contributed by atoms with Crippen molar-refractivity contribution >= 4 is 17.5 Å². The molecule has 5 aliphatic rings. The summed E-state index contributed by atoms with van der Waals surface area (Å²) >= 11 is 0. The van der Waals surface area contributed by atoms with Crippen LogP contribution < -0.4 is 4.90 Å². The van der Waals surface area contributed by atoms with Gasteiger partial charge in [-0.1, -0.05) is 42.0 Å². The van der Waals surface area contributed by atoms with Crippen LogP contribution in [0.4, 0.5) is 5.69 Å². The molecule has 110 valence electrons. The van der Waals surface area contributed by atoms with Gasteiger partial charge in [0.05, 0.1) is 17.5 Å². The number of hydrogen-bond acceptors (Lipinski definition) is 2. The normalized spacial score (nSPS) is 40.7. The maximum Gasteiger partial charge on any atom is 0.238 e. The maximum atomic E-state index is 12.9. The van der Waals surface area contributed by atoms with E-state index in [0.717, 1.165) is 11.3 Å². The molecule has 0 spiro atoms. The average molecular weight is 291 g/mol. The lowest BCUT2D eigenvalue weighted by Gasteiger charge is -2.51. The van der Waals surface area contributed by atoms with Crippen molar-refractivity contribution < 1.29 is 9.59 Å². The van der Waals surface area contributed by atoms with Crippen molar-refractivity contribution in [2.24, 2.45) is 35.5 Å². The highest BCUT2D eigenvalue weighted by Gasteiger charge is 2.62. The summed E-state index contributed by atoms with van der Waals surface area (Å²) in [6, 6.07) is 7.67. The summed E-state index contributed by atoms with van der Waals surface area (Å²) in [5.41, 5.74) is 1.85. The first kappa shape index (κ1) is 12.4. The zero-order valence-corrected chi connectivity index (χ0v) is 12.3. The van der Waals surface area contributed by atoms with Gasteiger partial charge in [-0.15, -0.1) is 0 Å². The van der Waals surface area contributed by atoms with Gasteiger partial charge in [-0.3, -0.25) is 14.5 Å². The number of amides is 2. The highest BCUT2D eigenvalue weighted by Crippen LogP contribution is 2.58. The third-order valence-corrected chi connectivity index (χ3v) is 5.96. The topological polar surface area (TPSA) is 37.4 Å². The number of aryl methyl sites for hydroxylation is 1. The number of anilines is 1. The van der Waals surface area contributed by atoms with E-state index in [2.05, 4.69) is 24.3 Å². The van der Waals surface area contributed by atoms with Crippen molar-refractivity contribution in [1.82, 2.24) is 0 Å². The number of carbonyl (C=O) groups is 2. The van der Waals surface area contributed by atoms with E-state index in [1.807, 2.05) is 31.2 Å². The molecule has 6 rings (SSSR count). The van der Waals surface area contributed by atoms with Gasteiger partial charge >= 0.3 is 0 Å². The molecule has 6 unspecified atom stereocenters. The number of hydrogen-bond donors (Lipinski definition) is 0. The molecule has 1 aromatic rings. The first-order valence-electron chi connectivity index (χ1n) is 7.98. The molecule has 3 heteroatoms. The van der Waals surface area contributed by atoms with E-state index in [-0.39, 0.29) is 35.5 Å². The van der Waals surface area contributed by atoms with Crippen molar-refractivity contribution in [2.45, 2.75) is 6.92 Å². The van der Waals surface area contributed by atoms with Gasteiger partial charge in [0.25, 0.3) is 0 Å². The van der Waals surface area contributed by atoms with Crippen molar-refractivity contribution in [3.8, 4) is 0 Å². The summed E-state index contributed by atoms with van der Waals surface area (Å²) in [5, 5.41) is 0. The molecule has 1 aromatic carbocycles. The molecule has 2 bridgehead atoms. The van der Waals surface area contributed by atoms with E-state index in [1.165, 1.54) is 4.90 Å². The predicted molar refractivity (Wildman–Crippen MR) is 82.9 cm³/mol. The fourth-order valence-corrected chi connectivity index (χ4v) is 4.84. The van der Waals surface area contributed by atoms with E-state index in [0.29, 0.717) is 11.8 Å². The molecule has 2 fully saturated rings.